The molecule has 0 atom stereocenters. The van der Waals surface area contributed by atoms with E-state index in [1.54, 1.807) is 0 Å². The summed E-state index contributed by atoms with van der Waals surface area (Å²) in [4.78, 5) is 2.50. The van der Waals surface area contributed by atoms with Crippen LogP contribution in [0.3, 0.4) is 0 Å². The molecular weight excluding hydrogens is 518 g/mol. The highest BCUT2D eigenvalue weighted by molar-refractivity contribution is 6.14. The Bertz CT molecular complexity index is 1850. The lowest BCUT2D eigenvalue weighted by molar-refractivity contribution is 0.590. The van der Waals surface area contributed by atoms with E-state index in [2.05, 4.69) is 165 Å². The third kappa shape index (κ3) is 3.97. The molecule has 1 nitrogen and oxygen atoms in total. The van der Waals surface area contributed by atoms with Crippen LogP contribution in [0.4, 0.5) is 17.1 Å². The summed E-state index contributed by atoms with van der Waals surface area (Å²) in [6, 6.07) is 35.0. The zero-order valence-corrected chi connectivity index (χ0v) is 27.6. The van der Waals surface area contributed by atoms with Gasteiger partial charge in [0.1, 0.15) is 0 Å². The fourth-order valence-electron chi connectivity index (χ4n) is 7.72. The second-order valence-corrected chi connectivity index (χ2v) is 16.0. The first-order chi connectivity index (χ1) is 20.1. The Morgan fingerprint density at radius 2 is 0.930 bits per heavy atom. The molecule has 0 saturated carbocycles. The first-order valence-corrected chi connectivity index (χ1v) is 15.9. The van der Waals surface area contributed by atoms with Crippen molar-refractivity contribution in [3.63, 3.8) is 0 Å². The first-order valence-electron chi connectivity index (χ1n) is 15.9. The maximum absolute atomic E-state index is 2.51. The highest BCUT2D eigenvalue weighted by atomic mass is 15.1. The summed E-state index contributed by atoms with van der Waals surface area (Å²) >= 11 is 0. The molecule has 0 saturated heterocycles. The molecule has 5 aromatic carbocycles. The number of hydrogen-bond donors (Lipinski definition) is 0. The number of nitrogens with zero attached hydrogens (tertiary/aromatic N) is 1. The minimum absolute atomic E-state index is 0.0816. The van der Waals surface area contributed by atoms with Gasteiger partial charge in [-0.25, -0.2) is 0 Å². The van der Waals surface area contributed by atoms with Gasteiger partial charge in [-0.2, -0.15) is 0 Å². The maximum atomic E-state index is 2.51. The normalized spacial score (nSPS) is 16.0. The maximum Gasteiger partial charge on any atom is 0.0543 e. The first kappa shape index (κ1) is 28.0. The van der Waals surface area contributed by atoms with Gasteiger partial charge >= 0.3 is 0 Å². The Hall–Kier alpha value is -3.84. The summed E-state index contributed by atoms with van der Waals surface area (Å²) < 4.78 is 0. The molecule has 0 N–H and O–H groups in total. The number of rotatable bonds is 3. The van der Waals surface area contributed by atoms with Crippen molar-refractivity contribution >= 4 is 27.8 Å². The van der Waals surface area contributed by atoms with Gasteiger partial charge in [0, 0.05) is 27.6 Å². The van der Waals surface area contributed by atoms with E-state index < -0.39 is 0 Å². The molecule has 0 radical (unpaired) electrons. The molecule has 2 aliphatic rings. The number of benzene rings is 5. The smallest absolute Gasteiger partial charge is 0.0543 e. The highest BCUT2D eigenvalue weighted by Crippen LogP contribution is 2.61. The van der Waals surface area contributed by atoms with E-state index in [1.807, 2.05) is 0 Å². The molecule has 1 heteroatoms. The van der Waals surface area contributed by atoms with Crippen LogP contribution >= 0.6 is 0 Å². The van der Waals surface area contributed by atoms with Crippen LogP contribution in [0, 0.1) is 0 Å². The summed E-state index contributed by atoms with van der Waals surface area (Å²) in [5.74, 6) is 0. The topological polar surface area (TPSA) is 3.24 Å². The van der Waals surface area contributed by atoms with Gasteiger partial charge in [-0.05, 0) is 91.1 Å². The lowest BCUT2D eigenvalue weighted by Crippen LogP contribution is -2.24. The molecule has 0 amide bonds. The van der Waals surface area contributed by atoms with Gasteiger partial charge in [0.05, 0.1) is 5.69 Å². The summed E-state index contributed by atoms with van der Waals surface area (Å²) in [5, 5.41) is 2.75. The molecule has 0 unspecified atom stereocenters. The quantitative estimate of drug-likeness (QED) is 0.211. The Balaban J connectivity index is 1.56. The minimum atomic E-state index is -0.0883. The largest absolute Gasteiger partial charge is 0.310 e. The fraction of sp³-hybridized carbons (Fsp3) is 0.333. The summed E-state index contributed by atoms with van der Waals surface area (Å²) in [6.07, 6.45) is 0. The van der Waals surface area contributed by atoms with Crippen LogP contribution in [-0.4, -0.2) is 0 Å². The summed E-state index contributed by atoms with van der Waals surface area (Å²) in [5.41, 5.74) is 15.1. The molecule has 0 bridgehead atoms. The standard InChI is InChI=1S/C42H45N/c1-39(2,3)26-17-21-28(22-18-26)43(29-23-19-27(20-24-29)40(4,5)6)35-25-34-38-36-30(35)13-11-14-31(36)41(7,8)32-15-12-16-33(37(32)38)42(34,9)10/h11-25H,1-10H3. The molecule has 0 aromatic heterocycles. The SMILES string of the molecule is CC(C)(C)c1ccc(N(c2ccc(C(C)(C)C)cc2)c2cc3c4c5c(cccc25)C(C)(C)c2cccc(c2-4)C3(C)C)cc1. The van der Waals surface area contributed by atoms with E-state index in [-0.39, 0.29) is 21.7 Å². The second-order valence-electron chi connectivity index (χ2n) is 16.0. The van der Waals surface area contributed by atoms with Crippen molar-refractivity contribution in [1.82, 2.24) is 0 Å². The fourth-order valence-corrected chi connectivity index (χ4v) is 7.72. The van der Waals surface area contributed by atoms with Crippen molar-refractivity contribution in [2.45, 2.75) is 90.9 Å². The summed E-state index contributed by atoms with van der Waals surface area (Å²) in [6.45, 7) is 23.4. The van der Waals surface area contributed by atoms with Crippen LogP contribution in [0.1, 0.15) is 103 Å². The van der Waals surface area contributed by atoms with Gasteiger partial charge in [-0.1, -0.05) is 130 Å². The van der Waals surface area contributed by atoms with E-state index in [4.69, 9.17) is 0 Å². The zero-order valence-electron chi connectivity index (χ0n) is 27.6. The van der Waals surface area contributed by atoms with E-state index >= 15 is 0 Å². The molecule has 0 aliphatic heterocycles. The Labute approximate surface area is 258 Å². The van der Waals surface area contributed by atoms with Crippen LogP contribution in [0.5, 0.6) is 0 Å². The third-order valence-electron chi connectivity index (χ3n) is 10.4. The minimum Gasteiger partial charge on any atom is -0.310 e. The van der Waals surface area contributed by atoms with E-state index in [9.17, 15) is 0 Å². The highest BCUT2D eigenvalue weighted by Gasteiger charge is 2.45. The molecule has 0 spiro atoms. The predicted molar refractivity (Wildman–Crippen MR) is 186 cm³/mol. The zero-order chi connectivity index (χ0) is 30.7. The van der Waals surface area contributed by atoms with E-state index in [0.29, 0.717) is 0 Å². The average molecular weight is 564 g/mol. The van der Waals surface area contributed by atoms with Crippen molar-refractivity contribution in [2.75, 3.05) is 4.90 Å². The number of hydrogen-bond acceptors (Lipinski definition) is 1. The number of anilines is 3. The monoisotopic (exact) mass is 563 g/mol. The van der Waals surface area contributed by atoms with Crippen molar-refractivity contribution in [3.8, 4) is 11.1 Å². The van der Waals surface area contributed by atoms with Crippen LogP contribution in [0.25, 0.3) is 21.9 Å². The van der Waals surface area contributed by atoms with Gasteiger partial charge in [0.2, 0.25) is 0 Å². The molecule has 5 aromatic rings. The van der Waals surface area contributed by atoms with Gasteiger partial charge in [0.25, 0.3) is 0 Å². The molecule has 2 aliphatic carbocycles. The molecule has 218 valence electrons. The van der Waals surface area contributed by atoms with E-state index in [0.717, 1.165) is 0 Å². The van der Waals surface area contributed by atoms with Crippen LogP contribution < -0.4 is 4.90 Å². The Morgan fingerprint density at radius 1 is 0.488 bits per heavy atom. The van der Waals surface area contributed by atoms with E-state index in [1.165, 1.54) is 72.3 Å². The molecule has 0 heterocycles. The second kappa shape index (κ2) is 8.85. The van der Waals surface area contributed by atoms with Crippen molar-refractivity contribution in [3.05, 3.63) is 124 Å². The lowest BCUT2D eigenvalue weighted by Gasteiger charge is -2.36. The summed E-state index contributed by atoms with van der Waals surface area (Å²) in [7, 11) is 0. The van der Waals surface area contributed by atoms with Crippen molar-refractivity contribution < 1.29 is 0 Å². The van der Waals surface area contributed by atoms with Gasteiger partial charge in [-0.3, -0.25) is 0 Å². The van der Waals surface area contributed by atoms with Crippen LogP contribution in [-0.2, 0) is 21.7 Å². The molecule has 43 heavy (non-hydrogen) atoms. The predicted octanol–water partition coefficient (Wildman–Crippen LogP) is 11.9. The van der Waals surface area contributed by atoms with Gasteiger partial charge in [0.15, 0.2) is 0 Å². The molecule has 0 fully saturated rings. The van der Waals surface area contributed by atoms with Gasteiger partial charge in [-0.15, -0.1) is 0 Å². The van der Waals surface area contributed by atoms with Crippen molar-refractivity contribution in [2.24, 2.45) is 0 Å². The Morgan fingerprint density at radius 3 is 1.42 bits per heavy atom. The third-order valence-corrected chi connectivity index (χ3v) is 10.4. The average Bonchev–Trinajstić information content (AvgIpc) is 3.18. The van der Waals surface area contributed by atoms with Crippen LogP contribution in [0.15, 0.2) is 91.0 Å². The Kier molecular flexibility index (Phi) is 5.76. The van der Waals surface area contributed by atoms with Crippen molar-refractivity contribution in [1.29, 1.82) is 0 Å². The molecular formula is C42H45N. The lowest BCUT2D eigenvalue weighted by atomic mass is 9.68. The molecule has 7 rings (SSSR count). The van der Waals surface area contributed by atoms with Gasteiger partial charge < -0.3 is 4.90 Å². The van der Waals surface area contributed by atoms with Crippen LogP contribution in [0.2, 0.25) is 0 Å².